The highest BCUT2D eigenvalue weighted by molar-refractivity contribution is 7.99. The van der Waals surface area contributed by atoms with Crippen LogP contribution in [0.2, 0.25) is 5.02 Å². The van der Waals surface area contributed by atoms with Gasteiger partial charge in [0.05, 0.1) is 33.3 Å². The van der Waals surface area contributed by atoms with Gasteiger partial charge >= 0.3 is 0 Å². The molecule has 3 aromatic carbocycles. The van der Waals surface area contributed by atoms with Crippen molar-refractivity contribution in [1.82, 2.24) is 20.2 Å². The van der Waals surface area contributed by atoms with Crippen molar-refractivity contribution in [2.75, 3.05) is 27.1 Å². The van der Waals surface area contributed by atoms with E-state index >= 15 is 0 Å². The lowest BCUT2D eigenvalue weighted by Crippen LogP contribution is -2.20. The molecule has 1 heterocycles. The predicted octanol–water partition coefficient (Wildman–Crippen LogP) is 5.16. The summed E-state index contributed by atoms with van der Waals surface area (Å²) in [4.78, 5) is 12.6. The minimum atomic E-state index is -0.308. The van der Waals surface area contributed by atoms with Crippen molar-refractivity contribution in [1.29, 1.82) is 0 Å². The molecular weight excluding hydrogens is 526 g/mol. The number of methoxy groups -OCH3 is 3. The fourth-order valence-corrected chi connectivity index (χ4v) is 4.44. The van der Waals surface area contributed by atoms with E-state index in [1.54, 1.807) is 31.4 Å². The van der Waals surface area contributed by atoms with Gasteiger partial charge in [0.25, 0.3) is 5.91 Å². The van der Waals surface area contributed by atoms with Crippen LogP contribution in [-0.2, 0) is 4.79 Å². The number of ether oxygens (including phenoxy) is 3. The van der Waals surface area contributed by atoms with Gasteiger partial charge in [-0.2, -0.15) is 5.10 Å². The number of aryl methyl sites for hydroxylation is 1. The van der Waals surface area contributed by atoms with Crippen LogP contribution in [0.15, 0.2) is 70.9 Å². The van der Waals surface area contributed by atoms with Crippen LogP contribution in [0.4, 0.5) is 0 Å². The molecule has 0 atom stereocenters. The monoisotopic (exact) mass is 551 g/mol. The number of hydrogen-bond acceptors (Lipinski definition) is 8. The number of rotatable bonds is 10. The number of nitrogens with one attached hydrogen (secondary N) is 1. The van der Waals surface area contributed by atoms with Gasteiger partial charge in [-0.25, -0.2) is 5.43 Å². The van der Waals surface area contributed by atoms with Crippen molar-refractivity contribution in [2.24, 2.45) is 5.10 Å². The Bertz CT molecular complexity index is 1440. The first kappa shape index (κ1) is 27.0. The Balaban J connectivity index is 1.50. The first-order valence-electron chi connectivity index (χ1n) is 11.5. The summed E-state index contributed by atoms with van der Waals surface area (Å²) in [6, 6.07) is 18.8. The molecule has 196 valence electrons. The highest BCUT2D eigenvalue weighted by atomic mass is 35.5. The molecule has 4 aromatic rings. The summed E-state index contributed by atoms with van der Waals surface area (Å²) < 4.78 is 17.9. The van der Waals surface area contributed by atoms with Gasteiger partial charge in [-0.1, -0.05) is 41.1 Å². The number of hydrogen-bond donors (Lipinski definition) is 1. The van der Waals surface area contributed by atoms with E-state index in [-0.39, 0.29) is 11.7 Å². The predicted molar refractivity (Wildman–Crippen MR) is 149 cm³/mol. The average molecular weight is 552 g/mol. The third-order valence-electron chi connectivity index (χ3n) is 5.49. The molecule has 1 N–H and O–H groups in total. The van der Waals surface area contributed by atoms with Crippen LogP contribution >= 0.6 is 23.4 Å². The molecular formula is C27H26ClN5O4S. The minimum Gasteiger partial charge on any atom is -0.496 e. The molecule has 0 bridgehead atoms. The molecule has 0 aliphatic carbocycles. The van der Waals surface area contributed by atoms with Crippen LogP contribution in [-0.4, -0.2) is 54.0 Å². The van der Waals surface area contributed by atoms with Gasteiger partial charge in [-0.05, 0) is 49.4 Å². The quantitative estimate of drug-likeness (QED) is 0.165. The Labute approximate surface area is 229 Å². The van der Waals surface area contributed by atoms with E-state index in [1.807, 2.05) is 47.9 Å². The molecule has 0 fully saturated rings. The van der Waals surface area contributed by atoms with Gasteiger partial charge in [0.2, 0.25) is 0 Å². The van der Waals surface area contributed by atoms with Crippen molar-refractivity contribution < 1.29 is 19.0 Å². The highest BCUT2D eigenvalue weighted by Gasteiger charge is 2.17. The lowest BCUT2D eigenvalue weighted by Gasteiger charge is -2.12. The second kappa shape index (κ2) is 12.5. The molecule has 0 saturated carbocycles. The number of benzene rings is 3. The molecule has 1 aromatic heterocycles. The van der Waals surface area contributed by atoms with Crippen LogP contribution in [0.1, 0.15) is 11.1 Å². The number of nitrogens with zero attached hydrogens (tertiary/aromatic N) is 4. The summed E-state index contributed by atoms with van der Waals surface area (Å²) in [5.74, 6) is 1.98. The van der Waals surface area contributed by atoms with Crippen LogP contribution in [0.3, 0.4) is 0 Å². The second-order valence-corrected chi connectivity index (χ2v) is 9.39. The molecule has 0 saturated heterocycles. The number of hydrazone groups is 1. The SMILES string of the molecule is COc1cc(OC)c(OC)cc1C=NNC(=O)CSc1nnc(-c2ccc(Cl)cc2)n1-c1ccc(C)cc1. The maximum absolute atomic E-state index is 12.6. The normalized spacial score (nSPS) is 11.0. The fourth-order valence-electron chi connectivity index (χ4n) is 3.57. The first-order valence-corrected chi connectivity index (χ1v) is 12.8. The molecule has 0 aliphatic heterocycles. The molecule has 0 unspecified atom stereocenters. The summed E-state index contributed by atoms with van der Waals surface area (Å²) in [5.41, 5.74) is 6.02. The van der Waals surface area contributed by atoms with Gasteiger partial charge in [0.15, 0.2) is 22.5 Å². The Morgan fingerprint density at radius 3 is 2.29 bits per heavy atom. The zero-order valence-corrected chi connectivity index (χ0v) is 22.8. The Morgan fingerprint density at radius 1 is 0.974 bits per heavy atom. The number of carbonyl (C=O) groups is 1. The Kier molecular flexibility index (Phi) is 8.88. The smallest absolute Gasteiger partial charge is 0.250 e. The summed E-state index contributed by atoms with van der Waals surface area (Å²) >= 11 is 7.32. The van der Waals surface area contributed by atoms with E-state index in [0.29, 0.717) is 38.8 Å². The molecule has 9 nitrogen and oxygen atoms in total. The van der Waals surface area contributed by atoms with Crippen molar-refractivity contribution in [3.8, 4) is 34.3 Å². The van der Waals surface area contributed by atoms with E-state index in [9.17, 15) is 4.79 Å². The standard InChI is InChI=1S/C27H26ClN5O4S/c1-17-5-11-21(12-6-17)33-26(18-7-9-20(28)10-8-18)31-32-27(33)38-16-25(34)30-29-15-19-13-23(36-3)24(37-4)14-22(19)35-2/h5-15H,16H2,1-4H3,(H,30,34). The van der Waals surface area contributed by atoms with Crippen molar-refractivity contribution >= 4 is 35.5 Å². The van der Waals surface area contributed by atoms with E-state index in [1.165, 1.54) is 32.2 Å². The number of amides is 1. The van der Waals surface area contributed by atoms with E-state index in [0.717, 1.165) is 16.8 Å². The third-order valence-corrected chi connectivity index (χ3v) is 6.67. The molecule has 0 radical (unpaired) electrons. The second-order valence-electron chi connectivity index (χ2n) is 8.02. The first-order chi connectivity index (χ1) is 18.4. The lowest BCUT2D eigenvalue weighted by atomic mass is 10.2. The maximum atomic E-state index is 12.6. The number of aromatic nitrogens is 3. The number of carbonyl (C=O) groups excluding carboxylic acids is 1. The Hall–Kier alpha value is -4.02. The minimum absolute atomic E-state index is 0.0744. The lowest BCUT2D eigenvalue weighted by molar-refractivity contribution is -0.118. The van der Waals surface area contributed by atoms with Crippen LogP contribution < -0.4 is 19.6 Å². The van der Waals surface area contributed by atoms with Crippen LogP contribution in [0.25, 0.3) is 17.1 Å². The topological polar surface area (TPSA) is 99.9 Å². The molecule has 11 heteroatoms. The summed E-state index contributed by atoms with van der Waals surface area (Å²) in [6.07, 6.45) is 1.48. The summed E-state index contributed by atoms with van der Waals surface area (Å²) in [7, 11) is 4.62. The number of thioether (sulfide) groups is 1. The molecule has 0 aliphatic rings. The van der Waals surface area contributed by atoms with Crippen molar-refractivity contribution in [3.05, 3.63) is 76.8 Å². The summed E-state index contributed by atoms with van der Waals surface area (Å²) in [6.45, 7) is 2.02. The Morgan fingerprint density at radius 2 is 1.63 bits per heavy atom. The molecule has 0 spiro atoms. The van der Waals surface area contributed by atoms with Gasteiger partial charge in [0.1, 0.15) is 5.75 Å². The zero-order chi connectivity index (χ0) is 27.1. The average Bonchev–Trinajstić information content (AvgIpc) is 3.36. The highest BCUT2D eigenvalue weighted by Crippen LogP contribution is 2.34. The van der Waals surface area contributed by atoms with Crippen molar-refractivity contribution in [3.63, 3.8) is 0 Å². The zero-order valence-electron chi connectivity index (χ0n) is 21.3. The van der Waals surface area contributed by atoms with Gasteiger partial charge in [0, 0.05) is 27.9 Å². The van der Waals surface area contributed by atoms with Crippen LogP contribution in [0, 0.1) is 6.92 Å². The molecule has 1 amide bonds. The van der Waals surface area contributed by atoms with Crippen LogP contribution in [0.5, 0.6) is 17.2 Å². The van der Waals surface area contributed by atoms with Gasteiger partial charge in [-0.15, -0.1) is 10.2 Å². The third kappa shape index (κ3) is 6.27. The van der Waals surface area contributed by atoms with Gasteiger partial charge in [-0.3, -0.25) is 9.36 Å². The summed E-state index contributed by atoms with van der Waals surface area (Å²) in [5, 5.41) is 14.0. The van der Waals surface area contributed by atoms with E-state index in [4.69, 9.17) is 25.8 Å². The van der Waals surface area contributed by atoms with E-state index < -0.39 is 0 Å². The number of halogens is 1. The van der Waals surface area contributed by atoms with Gasteiger partial charge < -0.3 is 14.2 Å². The fraction of sp³-hybridized carbons (Fsp3) is 0.185. The largest absolute Gasteiger partial charge is 0.496 e. The maximum Gasteiger partial charge on any atom is 0.250 e. The molecule has 4 rings (SSSR count). The van der Waals surface area contributed by atoms with Crippen molar-refractivity contribution in [2.45, 2.75) is 12.1 Å². The van der Waals surface area contributed by atoms with E-state index in [2.05, 4.69) is 20.7 Å². The molecule has 38 heavy (non-hydrogen) atoms.